The van der Waals surface area contributed by atoms with E-state index in [1.165, 1.54) is 18.2 Å². The first kappa shape index (κ1) is 15.4. The summed E-state index contributed by atoms with van der Waals surface area (Å²) in [6, 6.07) is 13.0. The second kappa shape index (κ2) is 6.22. The van der Waals surface area contributed by atoms with E-state index in [1.807, 2.05) is 24.9 Å². The molecular formula is C17H20F2N2. The topological polar surface area (TPSA) is 29.3 Å². The van der Waals surface area contributed by atoms with Crippen molar-refractivity contribution in [2.75, 3.05) is 18.5 Å². The van der Waals surface area contributed by atoms with Gasteiger partial charge in [-0.05, 0) is 43.2 Å². The van der Waals surface area contributed by atoms with Crippen molar-refractivity contribution in [3.8, 4) is 0 Å². The summed E-state index contributed by atoms with van der Waals surface area (Å²) in [5.41, 5.74) is 6.75. The van der Waals surface area contributed by atoms with Crippen molar-refractivity contribution in [1.29, 1.82) is 0 Å². The number of rotatable bonds is 5. The molecular weight excluding hydrogens is 270 g/mol. The number of halogens is 2. The van der Waals surface area contributed by atoms with Gasteiger partial charge in [-0.3, -0.25) is 0 Å². The third-order valence-electron chi connectivity index (χ3n) is 3.97. The van der Waals surface area contributed by atoms with E-state index < -0.39 is 5.54 Å². The number of anilines is 1. The van der Waals surface area contributed by atoms with Gasteiger partial charge < -0.3 is 10.6 Å². The fraction of sp³-hybridized carbons (Fsp3) is 0.294. The van der Waals surface area contributed by atoms with Crippen molar-refractivity contribution >= 4 is 5.69 Å². The number of likely N-dealkylation sites (N-methyl/N-ethyl adjacent to an activating group) is 1. The lowest BCUT2D eigenvalue weighted by molar-refractivity contribution is 0.439. The average molecular weight is 290 g/mol. The summed E-state index contributed by atoms with van der Waals surface area (Å²) in [7, 11) is 1.85. The molecule has 0 aliphatic heterocycles. The average Bonchev–Trinajstić information content (AvgIpc) is 2.48. The van der Waals surface area contributed by atoms with Crippen molar-refractivity contribution in [2.24, 2.45) is 5.73 Å². The van der Waals surface area contributed by atoms with Crippen LogP contribution in [0.25, 0.3) is 0 Å². The highest BCUT2D eigenvalue weighted by Crippen LogP contribution is 2.26. The van der Waals surface area contributed by atoms with E-state index in [1.54, 1.807) is 24.3 Å². The molecule has 0 fully saturated rings. The molecule has 2 nitrogen and oxygen atoms in total. The van der Waals surface area contributed by atoms with E-state index in [2.05, 4.69) is 0 Å². The highest BCUT2D eigenvalue weighted by atomic mass is 19.1. The minimum absolute atomic E-state index is 0.246. The van der Waals surface area contributed by atoms with Crippen LogP contribution in [-0.4, -0.2) is 19.1 Å². The smallest absolute Gasteiger partial charge is 0.126 e. The summed E-state index contributed by atoms with van der Waals surface area (Å²) >= 11 is 0. The van der Waals surface area contributed by atoms with Crippen LogP contribution >= 0.6 is 0 Å². The number of hydrogen-bond acceptors (Lipinski definition) is 2. The Hall–Kier alpha value is -1.94. The second-order valence-corrected chi connectivity index (χ2v) is 5.51. The van der Waals surface area contributed by atoms with Gasteiger partial charge in [-0.15, -0.1) is 0 Å². The van der Waals surface area contributed by atoms with Gasteiger partial charge in [-0.25, -0.2) is 8.78 Å². The number of hydrogen-bond donors (Lipinski definition) is 1. The van der Waals surface area contributed by atoms with E-state index in [4.69, 9.17) is 5.73 Å². The molecule has 0 spiro atoms. The Morgan fingerprint density at radius 1 is 1.10 bits per heavy atom. The Kier molecular flexibility index (Phi) is 4.58. The van der Waals surface area contributed by atoms with Crippen LogP contribution in [0.5, 0.6) is 0 Å². The van der Waals surface area contributed by atoms with Gasteiger partial charge in [-0.2, -0.15) is 0 Å². The third kappa shape index (κ3) is 3.39. The Morgan fingerprint density at radius 3 is 2.43 bits per heavy atom. The van der Waals surface area contributed by atoms with Crippen molar-refractivity contribution in [3.63, 3.8) is 0 Å². The van der Waals surface area contributed by atoms with Gasteiger partial charge in [0.15, 0.2) is 0 Å². The van der Waals surface area contributed by atoms with Crippen LogP contribution in [0.15, 0.2) is 48.5 Å². The Morgan fingerprint density at radius 2 is 1.81 bits per heavy atom. The van der Waals surface area contributed by atoms with Gasteiger partial charge in [0.2, 0.25) is 0 Å². The fourth-order valence-corrected chi connectivity index (χ4v) is 2.38. The maximum absolute atomic E-state index is 13.9. The maximum atomic E-state index is 13.9. The highest BCUT2D eigenvalue weighted by molar-refractivity contribution is 5.49. The predicted molar refractivity (Wildman–Crippen MR) is 82.4 cm³/mol. The summed E-state index contributed by atoms with van der Waals surface area (Å²) in [4.78, 5) is 1.91. The molecule has 112 valence electrons. The molecule has 0 radical (unpaired) electrons. The quantitative estimate of drug-likeness (QED) is 0.915. The van der Waals surface area contributed by atoms with Crippen LogP contribution in [0.1, 0.15) is 12.5 Å². The van der Waals surface area contributed by atoms with Gasteiger partial charge in [0, 0.05) is 19.3 Å². The maximum Gasteiger partial charge on any atom is 0.126 e. The molecule has 0 bridgehead atoms. The first-order valence-corrected chi connectivity index (χ1v) is 6.89. The first-order chi connectivity index (χ1) is 9.96. The summed E-state index contributed by atoms with van der Waals surface area (Å²) in [6.45, 7) is 2.28. The van der Waals surface area contributed by atoms with E-state index in [-0.39, 0.29) is 11.6 Å². The van der Waals surface area contributed by atoms with Crippen molar-refractivity contribution in [2.45, 2.75) is 18.9 Å². The fourth-order valence-electron chi connectivity index (χ4n) is 2.38. The number of nitrogens with zero attached hydrogens (tertiary/aromatic N) is 1. The van der Waals surface area contributed by atoms with Crippen LogP contribution in [0.3, 0.4) is 0 Å². The molecule has 2 rings (SSSR count). The van der Waals surface area contributed by atoms with Gasteiger partial charge >= 0.3 is 0 Å². The molecule has 2 aromatic carbocycles. The Balaban J connectivity index is 2.30. The SMILES string of the molecule is CN(c1cccc(F)c1)C(C)(CN)Cc1ccccc1F. The summed E-state index contributed by atoms with van der Waals surface area (Å²) < 4.78 is 27.3. The van der Waals surface area contributed by atoms with Gasteiger partial charge in [0.05, 0.1) is 5.54 Å². The van der Waals surface area contributed by atoms with E-state index in [0.29, 0.717) is 18.5 Å². The van der Waals surface area contributed by atoms with Crippen LogP contribution in [0, 0.1) is 11.6 Å². The molecule has 2 N–H and O–H groups in total. The van der Waals surface area contributed by atoms with Gasteiger partial charge in [0.1, 0.15) is 11.6 Å². The van der Waals surface area contributed by atoms with Gasteiger partial charge in [-0.1, -0.05) is 24.3 Å². The minimum atomic E-state index is -0.504. The number of nitrogens with two attached hydrogens (primary N) is 1. The molecule has 0 aromatic heterocycles. The van der Waals surface area contributed by atoms with Gasteiger partial charge in [0.25, 0.3) is 0 Å². The first-order valence-electron chi connectivity index (χ1n) is 6.89. The zero-order valence-corrected chi connectivity index (χ0v) is 12.3. The monoisotopic (exact) mass is 290 g/mol. The Labute approximate surface area is 124 Å². The summed E-state index contributed by atoms with van der Waals surface area (Å²) in [5.74, 6) is -0.547. The largest absolute Gasteiger partial charge is 0.368 e. The molecule has 0 amide bonds. The summed E-state index contributed by atoms with van der Waals surface area (Å²) in [5, 5.41) is 0. The van der Waals surface area contributed by atoms with Crippen LogP contribution in [-0.2, 0) is 6.42 Å². The predicted octanol–water partition coefficient (Wildman–Crippen LogP) is 3.36. The second-order valence-electron chi connectivity index (χ2n) is 5.51. The molecule has 0 heterocycles. The standard InChI is InChI=1S/C17H20F2N2/c1-17(12-20,11-13-6-3-4-9-16(13)19)21(2)15-8-5-7-14(18)10-15/h3-10H,11-12,20H2,1-2H3. The normalized spacial score (nSPS) is 13.8. The highest BCUT2D eigenvalue weighted by Gasteiger charge is 2.29. The third-order valence-corrected chi connectivity index (χ3v) is 3.97. The molecule has 0 aliphatic carbocycles. The van der Waals surface area contributed by atoms with Crippen molar-refractivity contribution in [1.82, 2.24) is 0 Å². The van der Waals surface area contributed by atoms with Crippen molar-refractivity contribution < 1.29 is 8.78 Å². The van der Waals surface area contributed by atoms with Crippen LogP contribution < -0.4 is 10.6 Å². The van der Waals surface area contributed by atoms with Crippen LogP contribution in [0.4, 0.5) is 14.5 Å². The van der Waals surface area contributed by atoms with Crippen LogP contribution in [0.2, 0.25) is 0 Å². The summed E-state index contributed by atoms with van der Waals surface area (Å²) in [6.07, 6.45) is 0.448. The lowest BCUT2D eigenvalue weighted by Gasteiger charge is -2.40. The minimum Gasteiger partial charge on any atom is -0.368 e. The zero-order chi connectivity index (χ0) is 15.5. The van der Waals surface area contributed by atoms with E-state index in [9.17, 15) is 8.78 Å². The molecule has 1 unspecified atom stereocenters. The molecule has 21 heavy (non-hydrogen) atoms. The van der Waals surface area contributed by atoms with Crippen molar-refractivity contribution in [3.05, 3.63) is 65.7 Å². The Bertz CT molecular complexity index is 615. The lowest BCUT2D eigenvalue weighted by atomic mass is 9.90. The zero-order valence-electron chi connectivity index (χ0n) is 12.3. The molecule has 0 saturated carbocycles. The molecule has 4 heteroatoms. The molecule has 2 aromatic rings. The van der Waals surface area contributed by atoms with E-state index >= 15 is 0 Å². The molecule has 0 aliphatic rings. The molecule has 0 saturated heterocycles. The van der Waals surface area contributed by atoms with E-state index in [0.717, 1.165) is 5.69 Å². The lowest BCUT2D eigenvalue weighted by Crippen LogP contribution is -2.51. The molecule has 1 atom stereocenters. The number of benzene rings is 2.